The van der Waals surface area contributed by atoms with Crippen molar-refractivity contribution in [1.29, 1.82) is 0 Å². The van der Waals surface area contributed by atoms with Crippen LogP contribution in [0.4, 0.5) is 10.7 Å². The molecule has 2 aromatic carbocycles. The molecule has 1 unspecified atom stereocenters. The van der Waals surface area contributed by atoms with Gasteiger partial charge in [-0.15, -0.1) is 23.1 Å². The van der Waals surface area contributed by atoms with Crippen LogP contribution in [0.1, 0.15) is 60.0 Å². The molecule has 0 saturated heterocycles. The summed E-state index contributed by atoms with van der Waals surface area (Å²) in [5.41, 5.74) is 3.43. The number of nitrogens with one attached hydrogen (secondary N) is 2. The lowest BCUT2D eigenvalue weighted by molar-refractivity contribution is -0.116. The molecule has 39 heavy (non-hydrogen) atoms. The van der Waals surface area contributed by atoms with Crippen LogP contribution >= 0.6 is 23.1 Å². The van der Waals surface area contributed by atoms with Crippen LogP contribution in [-0.4, -0.2) is 41.1 Å². The van der Waals surface area contributed by atoms with Gasteiger partial charge >= 0.3 is 5.97 Å². The van der Waals surface area contributed by atoms with E-state index in [-0.39, 0.29) is 18.4 Å². The van der Waals surface area contributed by atoms with Gasteiger partial charge in [0.15, 0.2) is 0 Å². The molecule has 3 aromatic rings. The average molecular weight is 566 g/mol. The molecule has 1 aromatic heterocycles. The van der Waals surface area contributed by atoms with E-state index >= 15 is 0 Å². The summed E-state index contributed by atoms with van der Waals surface area (Å²) in [4.78, 5) is 42.5. The first kappa shape index (κ1) is 28.9. The van der Waals surface area contributed by atoms with Gasteiger partial charge in [0, 0.05) is 41.5 Å². The van der Waals surface area contributed by atoms with Crippen molar-refractivity contribution in [3.63, 3.8) is 0 Å². The molecule has 0 aliphatic carbocycles. The van der Waals surface area contributed by atoms with Crippen molar-refractivity contribution in [2.45, 2.75) is 63.3 Å². The van der Waals surface area contributed by atoms with Gasteiger partial charge in [0.25, 0.3) is 0 Å². The van der Waals surface area contributed by atoms with Crippen LogP contribution in [0.25, 0.3) is 0 Å². The Morgan fingerprint density at radius 1 is 1.08 bits per heavy atom. The molecule has 0 saturated carbocycles. The second kappa shape index (κ2) is 13.8. The fraction of sp³-hybridized carbons (Fsp3) is 0.367. The summed E-state index contributed by atoms with van der Waals surface area (Å²) in [6, 6.07) is 17.8. The van der Waals surface area contributed by atoms with Gasteiger partial charge in [-0.1, -0.05) is 43.3 Å². The molecule has 1 atom stereocenters. The molecular weight excluding hydrogens is 530 g/mol. The van der Waals surface area contributed by atoms with Gasteiger partial charge in [-0.2, -0.15) is 0 Å². The largest absolute Gasteiger partial charge is 0.462 e. The SMILES string of the molecule is CCCC(=O)Nc1cccc(SC(C)C(=O)Nc2sc3c(c2C(=O)OCC)CCN(Cc2ccccc2)C3)c1. The van der Waals surface area contributed by atoms with Crippen molar-refractivity contribution >= 4 is 51.6 Å². The molecule has 0 spiro atoms. The average Bonchev–Trinajstić information content (AvgIpc) is 3.26. The van der Waals surface area contributed by atoms with Crippen LogP contribution in [0.15, 0.2) is 59.5 Å². The normalized spacial score (nSPS) is 13.8. The monoisotopic (exact) mass is 565 g/mol. The van der Waals surface area contributed by atoms with Crippen LogP contribution < -0.4 is 10.6 Å². The first-order valence-corrected chi connectivity index (χ1v) is 15.0. The molecule has 7 nitrogen and oxygen atoms in total. The van der Waals surface area contributed by atoms with Gasteiger partial charge in [0.05, 0.1) is 17.4 Å². The highest BCUT2D eigenvalue weighted by Gasteiger charge is 2.30. The lowest BCUT2D eigenvalue weighted by Crippen LogP contribution is -2.30. The first-order valence-electron chi connectivity index (χ1n) is 13.3. The van der Waals surface area contributed by atoms with E-state index in [1.165, 1.54) is 28.7 Å². The zero-order chi connectivity index (χ0) is 27.8. The zero-order valence-electron chi connectivity index (χ0n) is 22.6. The summed E-state index contributed by atoms with van der Waals surface area (Å²) in [6.45, 7) is 8.24. The smallest absolute Gasteiger partial charge is 0.341 e. The van der Waals surface area contributed by atoms with E-state index in [1.807, 2.05) is 56.3 Å². The van der Waals surface area contributed by atoms with Crippen molar-refractivity contribution in [2.75, 3.05) is 23.8 Å². The standard InChI is InChI=1S/C30H35N3O4S2/c1-4-10-26(34)31-22-13-9-14-23(17-22)38-20(3)28(35)32-29-27(30(36)37-5-2)24-15-16-33(19-25(24)39-29)18-21-11-7-6-8-12-21/h6-9,11-14,17,20H,4-5,10,15-16,18-19H2,1-3H3,(H,31,34)(H,32,35). The Morgan fingerprint density at radius 3 is 2.62 bits per heavy atom. The summed E-state index contributed by atoms with van der Waals surface area (Å²) in [5, 5.41) is 6.06. The third kappa shape index (κ3) is 7.71. The zero-order valence-corrected chi connectivity index (χ0v) is 24.3. The maximum absolute atomic E-state index is 13.3. The Morgan fingerprint density at radius 2 is 1.87 bits per heavy atom. The number of carbonyl (C=O) groups is 3. The maximum Gasteiger partial charge on any atom is 0.341 e. The van der Waals surface area contributed by atoms with E-state index in [9.17, 15) is 14.4 Å². The van der Waals surface area contributed by atoms with Crippen molar-refractivity contribution in [2.24, 2.45) is 0 Å². The summed E-state index contributed by atoms with van der Waals surface area (Å²) in [5.74, 6) is -0.607. The van der Waals surface area contributed by atoms with Gasteiger partial charge in [-0.05, 0) is 56.0 Å². The molecule has 2 N–H and O–H groups in total. The van der Waals surface area contributed by atoms with Crippen molar-refractivity contribution in [3.05, 3.63) is 76.2 Å². The molecule has 2 heterocycles. The van der Waals surface area contributed by atoms with Gasteiger partial charge in [-0.25, -0.2) is 4.79 Å². The molecule has 9 heteroatoms. The predicted molar refractivity (Wildman–Crippen MR) is 158 cm³/mol. The number of nitrogens with zero attached hydrogens (tertiary/aromatic N) is 1. The predicted octanol–water partition coefficient (Wildman–Crippen LogP) is 6.34. The van der Waals surface area contributed by atoms with Crippen LogP contribution in [0.3, 0.4) is 0 Å². The van der Waals surface area contributed by atoms with E-state index in [0.717, 1.165) is 47.8 Å². The number of anilines is 2. The Hall–Kier alpha value is -3.14. The van der Waals surface area contributed by atoms with Crippen LogP contribution in [-0.2, 0) is 33.8 Å². The van der Waals surface area contributed by atoms with Gasteiger partial charge in [0.1, 0.15) is 5.00 Å². The van der Waals surface area contributed by atoms with Gasteiger partial charge in [0.2, 0.25) is 11.8 Å². The minimum atomic E-state index is -0.421. The Balaban J connectivity index is 1.47. The number of rotatable bonds is 11. The maximum atomic E-state index is 13.3. The molecule has 206 valence electrons. The molecule has 2 amide bonds. The van der Waals surface area contributed by atoms with E-state index in [2.05, 4.69) is 27.7 Å². The van der Waals surface area contributed by atoms with E-state index in [0.29, 0.717) is 22.7 Å². The van der Waals surface area contributed by atoms with E-state index in [4.69, 9.17) is 4.74 Å². The number of ether oxygens (including phenoxy) is 1. The molecule has 0 bridgehead atoms. The summed E-state index contributed by atoms with van der Waals surface area (Å²) < 4.78 is 5.38. The van der Waals surface area contributed by atoms with Crippen LogP contribution in [0, 0.1) is 0 Å². The molecule has 1 aliphatic rings. The number of thioether (sulfide) groups is 1. The van der Waals surface area contributed by atoms with Gasteiger partial charge < -0.3 is 15.4 Å². The Bertz CT molecular complexity index is 1310. The Kier molecular flexibility index (Phi) is 10.2. The highest BCUT2D eigenvalue weighted by molar-refractivity contribution is 8.00. The molecule has 4 rings (SSSR count). The van der Waals surface area contributed by atoms with Crippen molar-refractivity contribution < 1.29 is 19.1 Å². The van der Waals surface area contributed by atoms with E-state index < -0.39 is 11.2 Å². The Labute approximate surface area is 238 Å². The number of carbonyl (C=O) groups excluding carboxylic acids is 3. The van der Waals surface area contributed by atoms with Crippen molar-refractivity contribution in [3.8, 4) is 0 Å². The fourth-order valence-corrected chi connectivity index (χ4v) is 6.72. The number of amides is 2. The summed E-state index contributed by atoms with van der Waals surface area (Å²) >= 11 is 2.87. The fourth-order valence-electron chi connectivity index (χ4n) is 4.51. The number of esters is 1. The highest BCUT2D eigenvalue weighted by atomic mass is 32.2. The topological polar surface area (TPSA) is 87.7 Å². The summed E-state index contributed by atoms with van der Waals surface area (Å²) in [7, 11) is 0. The molecule has 0 fully saturated rings. The second-order valence-electron chi connectivity index (χ2n) is 9.45. The lowest BCUT2D eigenvalue weighted by atomic mass is 10.0. The third-order valence-electron chi connectivity index (χ3n) is 6.38. The minimum Gasteiger partial charge on any atom is -0.462 e. The second-order valence-corrected chi connectivity index (χ2v) is 12.0. The minimum absolute atomic E-state index is 0.0269. The van der Waals surface area contributed by atoms with E-state index in [1.54, 1.807) is 6.92 Å². The number of fused-ring (bicyclic) bond motifs is 1. The van der Waals surface area contributed by atoms with Crippen molar-refractivity contribution in [1.82, 2.24) is 4.90 Å². The van der Waals surface area contributed by atoms with Gasteiger partial charge in [-0.3, -0.25) is 14.5 Å². The first-order chi connectivity index (χ1) is 18.9. The molecule has 1 aliphatic heterocycles. The quantitative estimate of drug-likeness (QED) is 0.208. The number of benzene rings is 2. The number of hydrogen-bond donors (Lipinski definition) is 2. The van der Waals surface area contributed by atoms with Crippen LogP contribution in [0.2, 0.25) is 0 Å². The number of hydrogen-bond acceptors (Lipinski definition) is 7. The van der Waals surface area contributed by atoms with Crippen LogP contribution in [0.5, 0.6) is 0 Å². The molecular formula is C30H35N3O4S2. The lowest BCUT2D eigenvalue weighted by Gasteiger charge is -2.27. The number of thiophene rings is 1. The molecule has 0 radical (unpaired) electrons. The summed E-state index contributed by atoms with van der Waals surface area (Å²) in [6.07, 6.45) is 1.97. The third-order valence-corrected chi connectivity index (χ3v) is 8.60. The highest BCUT2D eigenvalue weighted by Crippen LogP contribution is 2.38.